The molecule has 0 saturated carbocycles. The number of benzene rings is 2. The van der Waals surface area contributed by atoms with Crippen LogP contribution in [0.4, 0.5) is 11.4 Å². The van der Waals surface area contributed by atoms with Gasteiger partial charge >= 0.3 is 0 Å². The minimum atomic E-state index is -0.351. The number of carbonyl (C=O) groups excluding carboxylic acids is 1. The fourth-order valence-electron chi connectivity index (χ4n) is 1.84. The molecule has 2 aromatic carbocycles. The summed E-state index contributed by atoms with van der Waals surface area (Å²) < 4.78 is 10.2. The highest BCUT2D eigenvalue weighted by atomic mass is 35.5. The predicted octanol–water partition coefficient (Wildman–Crippen LogP) is 3.19. The van der Waals surface area contributed by atoms with Crippen LogP contribution in [0.5, 0.6) is 11.5 Å². The maximum atomic E-state index is 12.3. The summed E-state index contributed by atoms with van der Waals surface area (Å²) >= 11 is 5.93. The van der Waals surface area contributed by atoms with Crippen LogP contribution in [0.25, 0.3) is 0 Å². The van der Waals surface area contributed by atoms with Crippen molar-refractivity contribution in [2.24, 2.45) is 0 Å². The van der Waals surface area contributed by atoms with Crippen molar-refractivity contribution in [3.05, 3.63) is 47.0 Å². The first-order chi connectivity index (χ1) is 10.0. The van der Waals surface area contributed by atoms with Crippen molar-refractivity contribution in [2.45, 2.75) is 0 Å². The normalized spacial score (nSPS) is 10.0. The molecular formula is C15H15ClN2O3. The summed E-state index contributed by atoms with van der Waals surface area (Å²) in [5.41, 5.74) is 7.00. The van der Waals surface area contributed by atoms with Crippen LogP contribution in [-0.4, -0.2) is 20.1 Å². The fraction of sp³-hybridized carbons (Fsp3) is 0.133. The number of nitrogens with two attached hydrogens (primary N) is 1. The number of carbonyl (C=O) groups is 1. The van der Waals surface area contributed by atoms with Gasteiger partial charge in [-0.2, -0.15) is 0 Å². The van der Waals surface area contributed by atoms with E-state index in [-0.39, 0.29) is 5.91 Å². The van der Waals surface area contributed by atoms with E-state index in [9.17, 15) is 4.79 Å². The van der Waals surface area contributed by atoms with Crippen molar-refractivity contribution in [2.75, 3.05) is 25.3 Å². The number of ether oxygens (including phenoxy) is 2. The predicted molar refractivity (Wildman–Crippen MR) is 83.4 cm³/mol. The van der Waals surface area contributed by atoms with Crippen molar-refractivity contribution in [3.8, 4) is 11.5 Å². The minimum Gasteiger partial charge on any atom is -0.497 e. The van der Waals surface area contributed by atoms with Crippen LogP contribution in [0.1, 0.15) is 10.4 Å². The van der Waals surface area contributed by atoms with Gasteiger partial charge in [-0.05, 0) is 30.3 Å². The SMILES string of the molecule is COc1ccc(C(=O)Nc2cc(Cl)ccc2OC)c(N)c1. The molecule has 21 heavy (non-hydrogen) atoms. The Labute approximate surface area is 127 Å². The van der Waals surface area contributed by atoms with E-state index in [2.05, 4.69) is 5.32 Å². The van der Waals surface area contributed by atoms with Crippen LogP contribution < -0.4 is 20.5 Å². The monoisotopic (exact) mass is 306 g/mol. The highest BCUT2D eigenvalue weighted by Crippen LogP contribution is 2.29. The van der Waals surface area contributed by atoms with E-state index in [4.69, 9.17) is 26.8 Å². The average Bonchev–Trinajstić information content (AvgIpc) is 2.47. The third-order valence-corrected chi connectivity index (χ3v) is 3.15. The molecule has 0 heterocycles. The standard InChI is InChI=1S/C15H15ClN2O3/c1-20-10-4-5-11(12(17)8-10)15(19)18-13-7-9(16)3-6-14(13)21-2/h3-8H,17H2,1-2H3,(H,18,19). The third kappa shape index (κ3) is 3.38. The second-order valence-corrected chi connectivity index (χ2v) is 4.69. The van der Waals surface area contributed by atoms with Crippen LogP contribution >= 0.6 is 11.6 Å². The summed E-state index contributed by atoms with van der Waals surface area (Å²) in [4.78, 5) is 12.3. The number of amides is 1. The molecular weight excluding hydrogens is 292 g/mol. The van der Waals surface area contributed by atoms with Gasteiger partial charge in [0.2, 0.25) is 0 Å². The average molecular weight is 307 g/mol. The van der Waals surface area contributed by atoms with Crippen molar-refractivity contribution >= 4 is 28.9 Å². The lowest BCUT2D eigenvalue weighted by Crippen LogP contribution is -2.14. The van der Waals surface area contributed by atoms with E-state index in [1.54, 1.807) is 36.4 Å². The van der Waals surface area contributed by atoms with Gasteiger partial charge in [0, 0.05) is 16.8 Å². The summed E-state index contributed by atoms with van der Waals surface area (Å²) in [5.74, 6) is 0.750. The molecule has 0 aliphatic carbocycles. The van der Waals surface area contributed by atoms with Crippen LogP contribution in [-0.2, 0) is 0 Å². The third-order valence-electron chi connectivity index (χ3n) is 2.91. The molecule has 0 saturated heterocycles. The Morgan fingerprint density at radius 2 is 1.90 bits per heavy atom. The van der Waals surface area contributed by atoms with Gasteiger partial charge in [0.1, 0.15) is 11.5 Å². The second kappa shape index (κ2) is 6.37. The molecule has 1 amide bonds. The molecule has 0 radical (unpaired) electrons. The largest absolute Gasteiger partial charge is 0.497 e. The van der Waals surface area contributed by atoms with Gasteiger partial charge in [-0.1, -0.05) is 11.6 Å². The Hall–Kier alpha value is -2.40. The number of rotatable bonds is 4. The van der Waals surface area contributed by atoms with Gasteiger partial charge < -0.3 is 20.5 Å². The molecule has 0 unspecified atom stereocenters. The number of hydrogen-bond acceptors (Lipinski definition) is 4. The van der Waals surface area contributed by atoms with Gasteiger partial charge in [0.05, 0.1) is 25.5 Å². The van der Waals surface area contributed by atoms with Crippen molar-refractivity contribution in [1.29, 1.82) is 0 Å². The molecule has 6 heteroatoms. The van der Waals surface area contributed by atoms with E-state index in [1.165, 1.54) is 14.2 Å². The van der Waals surface area contributed by atoms with Gasteiger partial charge in [-0.15, -0.1) is 0 Å². The van der Waals surface area contributed by atoms with Gasteiger partial charge in [0.15, 0.2) is 0 Å². The lowest BCUT2D eigenvalue weighted by molar-refractivity contribution is 0.102. The van der Waals surface area contributed by atoms with Gasteiger partial charge in [0.25, 0.3) is 5.91 Å². The van der Waals surface area contributed by atoms with E-state index in [0.717, 1.165) is 0 Å². The van der Waals surface area contributed by atoms with Gasteiger partial charge in [-0.25, -0.2) is 0 Å². The number of anilines is 2. The molecule has 0 aromatic heterocycles. The number of hydrogen-bond donors (Lipinski definition) is 2. The van der Waals surface area contributed by atoms with Crippen molar-refractivity contribution in [1.82, 2.24) is 0 Å². The Kier molecular flexibility index (Phi) is 4.55. The Morgan fingerprint density at radius 1 is 1.14 bits per heavy atom. The van der Waals surface area contributed by atoms with Crippen LogP contribution in [0.15, 0.2) is 36.4 Å². The van der Waals surface area contributed by atoms with E-state index in [0.29, 0.717) is 33.5 Å². The summed E-state index contributed by atoms with van der Waals surface area (Å²) in [7, 11) is 3.05. The molecule has 2 rings (SSSR count). The van der Waals surface area contributed by atoms with E-state index >= 15 is 0 Å². The zero-order valence-corrected chi connectivity index (χ0v) is 12.4. The van der Waals surface area contributed by atoms with E-state index < -0.39 is 0 Å². The molecule has 0 atom stereocenters. The Balaban J connectivity index is 2.28. The topological polar surface area (TPSA) is 73.6 Å². The summed E-state index contributed by atoms with van der Waals surface area (Å²) in [6.45, 7) is 0. The zero-order chi connectivity index (χ0) is 15.4. The number of nitrogen functional groups attached to an aromatic ring is 1. The molecule has 0 fully saturated rings. The lowest BCUT2D eigenvalue weighted by atomic mass is 10.1. The van der Waals surface area contributed by atoms with E-state index in [1.807, 2.05) is 0 Å². The van der Waals surface area contributed by atoms with Crippen LogP contribution in [0.2, 0.25) is 5.02 Å². The molecule has 0 spiro atoms. The Bertz CT molecular complexity index is 674. The maximum Gasteiger partial charge on any atom is 0.257 e. The highest BCUT2D eigenvalue weighted by Gasteiger charge is 2.13. The maximum absolute atomic E-state index is 12.3. The Morgan fingerprint density at radius 3 is 2.52 bits per heavy atom. The summed E-state index contributed by atoms with van der Waals surface area (Å²) in [6, 6.07) is 9.82. The fourth-order valence-corrected chi connectivity index (χ4v) is 2.01. The second-order valence-electron chi connectivity index (χ2n) is 4.25. The molecule has 0 aliphatic heterocycles. The number of halogens is 1. The lowest BCUT2D eigenvalue weighted by Gasteiger charge is -2.12. The minimum absolute atomic E-state index is 0.327. The van der Waals surface area contributed by atoms with Crippen LogP contribution in [0.3, 0.4) is 0 Å². The number of methoxy groups -OCH3 is 2. The molecule has 3 N–H and O–H groups in total. The first kappa shape index (κ1) is 15.0. The number of nitrogens with one attached hydrogen (secondary N) is 1. The molecule has 5 nitrogen and oxygen atoms in total. The first-order valence-electron chi connectivity index (χ1n) is 6.13. The van der Waals surface area contributed by atoms with Crippen LogP contribution in [0, 0.1) is 0 Å². The molecule has 0 bridgehead atoms. The molecule has 2 aromatic rings. The smallest absolute Gasteiger partial charge is 0.257 e. The summed E-state index contributed by atoms with van der Waals surface area (Å²) in [6.07, 6.45) is 0. The quantitative estimate of drug-likeness (QED) is 0.851. The summed E-state index contributed by atoms with van der Waals surface area (Å²) in [5, 5.41) is 3.22. The highest BCUT2D eigenvalue weighted by molar-refractivity contribution is 6.31. The first-order valence-corrected chi connectivity index (χ1v) is 6.51. The van der Waals surface area contributed by atoms with Gasteiger partial charge in [-0.3, -0.25) is 4.79 Å². The molecule has 110 valence electrons. The molecule has 0 aliphatic rings. The zero-order valence-electron chi connectivity index (χ0n) is 11.6. The van der Waals surface area contributed by atoms with Crippen molar-refractivity contribution < 1.29 is 14.3 Å². The van der Waals surface area contributed by atoms with Crippen molar-refractivity contribution in [3.63, 3.8) is 0 Å².